The maximum absolute atomic E-state index is 13.8. The highest BCUT2D eigenvalue weighted by Gasteiger charge is 2.66. The first-order valence-electron chi connectivity index (χ1n) is 13.8. The van der Waals surface area contributed by atoms with Gasteiger partial charge in [0.05, 0.1) is 5.41 Å². The number of aliphatic carboxylic acids is 1. The molecule has 30 heavy (non-hydrogen) atoms. The molecule has 172 valence electrons. The Morgan fingerprint density at radius 1 is 0.533 bits per heavy atom. The van der Waals surface area contributed by atoms with Crippen LogP contribution in [0.1, 0.15) is 135 Å². The lowest BCUT2D eigenvalue weighted by Crippen LogP contribution is -2.62. The van der Waals surface area contributed by atoms with E-state index < -0.39 is 5.41 Å². The number of hydrogen-bond donors (Lipinski definition) is 1. The summed E-state index contributed by atoms with van der Waals surface area (Å²) in [5.74, 6) is 1.73. The molecule has 0 aromatic carbocycles. The number of carbonyl (C=O) groups is 1. The molecule has 0 spiro atoms. The first-order chi connectivity index (χ1) is 14.6. The van der Waals surface area contributed by atoms with Crippen molar-refractivity contribution in [3.05, 3.63) is 0 Å². The van der Waals surface area contributed by atoms with Crippen LogP contribution in [0.5, 0.6) is 0 Å². The lowest BCUT2D eigenvalue weighted by molar-refractivity contribution is -0.200. The molecule has 4 saturated carbocycles. The molecule has 1 N–H and O–H groups in total. The van der Waals surface area contributed by atoms with Gasteiger partial charge in [-0.25, -0.2) is 0 Å². The predicted octanol–water partition coefficient (Wildman–Crippen LogP) is 8.38. The summed E-state index contributed by atoms with van der Waals surface area (Å²) in [4.78, 5) is 13.8. The predicted molar refractivity (Wildman–Crippen MR) is 124 cm³/mol. The van der Waals surface area contributed by atoms with Gasteiger partial charge in [-0.15, -0.1) is 0 Å². The van der Waals surface area contributed by atoms with Gasteiger partial charge in [0.25, 0.3) is 0 Å². The second-order valence-corrected chi connectivity index (χ2v) is 11.8. The molecule has 4 rings (SSSR count). The Balaban J connectivity index is 1.85. The highest BCUT2D eigenvalue weighted by molar-refractivity contribution is 5.77. The standard InChI is InChI=1S/C28H48O2/c1-27(22-14-6-2-7-15-22,23-16-8-3-9-17-23)28(26(29)30,24-18-10-4-11-19-24)25-20-12-5-13-21-25/h22-25H,2-21H2,1H3,(H,29,30). The molecule has 4 fully saturated rings. The maximum Gasteiger partial charge on any atom is 0.310 e. The van der Waals surface area contributed by atoms with Crippen LogP contribution in [-0.4, -0.2) is 11.1 Å². The summed E-state index contributed by atoms with van der Waals surface area (Å²) < 4.78 is 0. The van der Waals surface area contributed by atoms with Crippen LogP contribution in [0.25, 0.3) is 0 Å². The van der Waals surface area contributed by atoms with Crippen LogP contribution < -0.4 is 0 Å². The molecule has 0 amide bonds. The SMILES string of the molecule is CC(C1CCCCC1)(C1CCCCC1)C(C(=O)O)(C1CCCCC1)C1CCCCC1. The van der Waals surface area contributed by atoms with Crippen LogP contribution in [0.4, 0.5) is 0 Å². The summed E-state index contributed by atoms with van der Waals surface area (Å²) in [6.45, 7) is 2.55. The van der Waals surface area contributed by atoms with Crippen LogP contribution in [0.3, 0.4) is 0 Å². The second-order valence-electron chi connectivity index (χ2n) is 11.8. The van der Waals surface area contributed by atoms with Crippen molar-refractivity contribution in [1.82, 2.24) is 0 Å². The van der Waals surface area contributed by atoms with Gasteiger partial charge in [0.1, 0.15) is 0 Å². The molecule has 0 atom stereocenters. The molecule has 4 aliphatic carbocycles. The van der Waals surface area contributed by atoms with E-state index in [0.717, 1.165) is 0 Å². The van der Waals surface area contributed by atoms with E-state index in [1.807, 2.05) is 0 Å². The molecule has 0 aromatic heterocycles. The zero-order valence-corrected chi connectivity index (χ0v) is 19.8. The molecule has 0 aliphatic heterocycles. The molecule has 0 bridgehead atoms. The zero-order chi connectivity index (χ0) is 21.0. The largest absolute Gasteiger partial charge is 0.481 e. The molecule has 2 heteroatoms. The first-order valence-corrected chi connectivity index (χ1v) is 13.8. The third-order valence-electron chi connectivity index (χ3n) is 10.6. The minimum Gasteiger partial charge on any atom is -0.481 e. The average Bonchev–Trinajstić information content (AvgIpc) is 2.82. The third-order valence-corrected chi connectivity index (χ3v) is 10.6. The molecule has 0 radical (unpaired) electrons. The van der Waals surface area contributed by atoms with Gasteiger partial charge in [0, 0.05) is 0 Å². The Kier molecular flexibility index (Phi) is 7.51. The Bertz CT molecular complexity index is 507. The molecule has 0 saturated heterocycles. The fourth-order valence-corrected chi connectivity index (χ4v) is 9.32. The van der Waals surface area contributed by atoms with E-state index in [2.05, 4.69) is 6.92 Å². The van der Waals surface area contributed by atoms with E-state index in [-0.39, 0.29) is 11.4 Å². The normalized spacial score (nSPS) is 27.2. The summed E-state index contributed by atoms with van der Waals surface area (Å²) in [7, 11) is 0. The van der Waals surface area contributed by atoms with Crippen LogP contribution in [0.15, 0.2) is 0 Å². The van der Waals surface area contributed by atoms with E-state index >= 15 is 0 Å². The Hall–Kier alpha value is -0.530. The topological polar surface area (TPSA) is 37.3 Å². The minimum atomic E-state index is -0.474. The molecule has 4 aliphatic rings. The Labute approximate surface area is 186 Å². The van der Waals surface area contributed by atoms with Crippen molar-refractivity contribution >= 4 is 5.97 Å². The van der Waals surface area contributed by atoms with E-state index in [1.165, 1.54) is 128 Å². The van der Waals surface area contributed by atoms with Crippen molar-refractivity contribution in [2.75, 3.05) is 0 Å². The molecule has 0 heterocycles. The van der Waals surface area contributed by atoms with Crippen LogP contribution >= 0.6 is 0 Å². The van der Waals surface area contributed by atoms with Gasteiger partial charge >= 0.3 is 5.97 Å². The van der Waals surface area contributed by atoms with Crippen molar-refractivity contribution in [3.63, 3.8) is 0 Å². The fourth-order valence-electron chi connectivity index (χ4n) is 9.32. The molecular formula is C28H48O2. The second kappa shape index (κ2) is 9.95. The smallest absolute Gasteiger partial charge is 0.310 e. The van der Waals surface area contributed by atoms with Crippen molar-refractivity contribution < 1.29 is 9.90 Å². The lowest BCUT2D eigenvalue weighted by Gasteiger charge is -2.62. The summed E-state index contributed by atoms with van der Waals surface area (Å²) in [6, 6.07) is 0. The van der Waals surface area contributed by atoms with Gasteiger partial charge < -0.3 is 5.11 Å². The molecule has 0 unspecified atom stereocenters. The zero-order valence-electron chi connectivity index (χ0n) is 19.8. The van der Waals surface area contributed by atoms with Gasteiger partial charge in [-0.3, -0.25) is 4.79 Å². The quantitative estimate of drug-likeness (QED) is 0.472. The molecular weight excluding hydrogens is 368 g/mol. The highest BCUT2D eigenvalue weighted by atomic mass is 16.4. The Morgan fingerprint density at radius 2 is 0.800 bits per heavy atom. The molecule has 2 nitrogen and oxygen atoms in total. The van der Waals surface area contributed by atoms with E-state index in [9.17, 15) is 9.90 Å². The maximum atomic E-state index is 13.8. The summed E-state index contributed by atoms with van der Waals surface area (Å²) in [5, 5.41) is 11.3. The van der Waals surface area contributed by atoms with E-state index in [4.69, 9.17) is 0 Å². The summed E-state index contributed by atoms with van der Waals surface area (Å²) in [6.07, 6.45) is 25.6. The van der Waals surface area contributed by atoms with E-state index in [0.29, 0.717) is 23.7 Å². The average molecular weight is 417 g/mol. The Morgan fingerprint density at radius 3 is 1.07 bits per heavy atom. The highest BCUT2D eigenvalue weighted by Crippen LogP contribution is 2.67. The van der Waals surface area contributed by atoms with Crippen molar-refractivity contribution in [3.8, 4) is 0 Å². The van der Waals surface area contributed by atoms with E-state index in [1.54, 1.807) is 0 Å². The van der Waals surface area contributed by atoms with Gasteiger partial charge in [-0.1, -0.05) is 84.0 Å². The number of rotatable bonds is 6. The van der Waals surface area contributed by atoms with Crippen molar-refractivity contribution in [1.29, 1.82) is 0 Å². The van der Waals surface area contributed by atoms with Crippen LogP contribution in [-0.2, 0) is 4.79 Å². The lowest BCUT2D eigenvalue weighted by atomic mass is 9.40. The van der Waals surface area contributed by atoms with Gasteiger partial charge in [-0.2, -0.15) is 0 Å². The minimum absolute atomic E-state index is 0.0102. The fraction of sp³-hybridized carbons (Fsp3) is 0.964. The van der Waals surface area contributed by atoms with Crippen LogP contribution in [0.2, 0.25) is 0 Å². The van der Waals surface area contributed by atoms with Gasteiger partial charge in [0.2, 0.25) is 0 Å². The van der Waals surface area contributed by atoms with Crippen LogP contribution in [0, 0.1) is 34.5 Å². The first kappa shape index (κ1) is 22.7. The molecule has 0 aromatic rings. The number of carboxylic acids is 1. The van der Waals surface area contributed by atoms with Crippen molar-refractivity contribution in [2.45, 2.75) is 135 Å². The summed E-state index contributed by atoms with van der Waals surface area (Å²) >= 11 is 0. The number of carboxylic acid groups (broad SMARTS) is 1. The monoisotopic (exact) mass is 416 g/mol. The van der Waals surface area contributed by atoms with Gasteiger partial charge in [-0.05, 0) is 80.5 Å². The van der Waals surface area contributed by atoms with Crippen molar-refractivity contribution in [2.24, 2.45) is 34.5 Å². The van der Waals surface area contributed by atoms with Gasteiger partial charge in [0.15, 0.2) is 0 Å². The third kappa shape index (κ3) is 3.88. The summed E-state index contributed by atoms with van der Waals surface area (Å²) in [5.41, 5.74) is -0.485. The number of hydrogen-bond acceptors (Lipinski definition) is 1.